The maximum absolute atomic E-state index is 13.0. The third-order valence-corrected chi connectivity index (χ3v) is 5.85. The molecule has 0 radical (unpaired) electrons. The molecule has 0 saturated carbocycles. The van der Waals surface area contributed by atoms with Gasteiger partial charge >= 0.3 is 0 Å². The van der Waals surface area contributed by atoms with Crippen LogP contribution >= 0.6 is 0 Å². The van der Waals surface area contributed by atoms with Gasteiger partial charge in [0.15, 0.2) is 0 Å². The standard InChI is InChI=1S/C25H43N3O4/c1-6-31-14-15-32-21-16-22(19(2)3)25(23(17-21)20(4)5)26-24(30)18-28-11-9-27(10-12-28)8-7-13-29/h16-17,19-20,29H,6-15,18H2,1-5H3,(H,26,30). The van der Waals surface area contributed by atoms with E-state index in [-0.39, 0.29) is 24.3 Å². The molecule has 7 nitrogen and oxygen atoms in total. The van der Waals surface area contributed by atoms with Crippen LogP contribution < -0.4 is 10.1 Å². The molecule has 1 fully saturated rings. The third kappa shape index (κ3) is 8.35. The summed E-state index contributed by atoms with van der Waals surface area (Å²) in [6.45, 7) is 17.5. The molecule has 1 aliphatic rings. The van der Waals surface area contributed by atoms with Gasteiger partial charge in [0.25, 0.3) is 0 Å². The van der Waals surface area contributed by atoms with E-state index in [9.17, 15) is 4.79 Å². The van der Waals surface area contributed by atoms with E-state index in [1.807, 2.05) is 6.92 Å². The van der Waals surface area contributed by atoms with Crippen LogP contribution in [-0.2, 0) is 9.53 Å². The Bertz CT molecular complexity index is 671. The fourth-order valence-corrected chi connectivity index (χ4v) is 4.01. The number of hydrogen-bond acceptors (Lipinski definition) is 6. The molecule has 0 aromatic heterocycles. The predicted molar refractivity (Wildman–Crippen MR) is 130 cm³/mol. The number of hydrogen-bond donors (Lipinski definition) is 2. The maximum atomic E-state index is 13.0. The van der Waals surface area contributed by atoms with E-state index in [4.69, 9.17) is 14.6 Å². The van der Waals surface area contributed by atoms with Crippen LogP contribution in [-0.4, -0.2) is 86.5 Å². The number of carbonyl (C=O) groups is 1. The number of nitrogens with one attached hydrogen (secondary N) is 1. The van der Waals surface area contributed by atoms with Gasteiger partial charge in [-0.05, 0) is 48.4 Å². The second-order valence-electron chi connectivity index (χ2n) is 9.07. The van der Waals surface area contributed by atoms with Crippen molar-refractivity contribution in [3.63, 3.8) is 0 Å². The first kappa shape index (κ1) is 26.6. The minimum atomic E-state index is 0.0302. The van der Waals surface area contributed by atoms with Crippen LogP contribution in [0.15, 0.2) is 12.1 Å². The fraction of sp³-hybridized carbons (Fsp3) is 0.720. The lowest BCUT2D eigenvalue weighted by molar-refractivity contribution is -0.117. The van der Waals surface area contributed by atoms with Gasteiger partial charge in [-0.25, -0.2) is 0 Å². The molecule has 1 heterocycles. The van der Waals surface area contributed by atoms with Crippen molar-refractivity contribution in [2.75, 3.05) is 71.0 Å². The van der Waals surface area contributed by atoms with Crippen LogP contribution in [0.2, 0.25) is 0 Å². The zero-order valence-corrected chi connectivity index (χ0v) is 20.7. The highest BCUT2D eigenvalue weighted by Crippen LogP contribution is 2.36. The van der Waals surface area contributed by atoms with E-state index in [0.29, 0.717) is 26.4 Å². The van der Waals surface area contributed by atoms with Crippen molar-refractivity contribution in [2.45, 2.75) is 52.9 Å². The molecule has 1 amide bonds. The summed E-state index contributed by atoms with van der Waals surface area (Å²) in [7, 11) is 0. The zero-order valence-electron chi connectivity index (χ0n) is 20.7. The molecule has 2 rings (SSSR count). The van der Waals surface area contributed by atoms with Gasteiger partial charge in [0.05, 0.1) is 13.2 Å². The highest BCUT2D eigenvalue weighted by Gasteiger charge is 2.22. The summed E-state index contributed by atoms with van der Waals surface area (Å²) in [5.41, 5.74) is 3.13. The first-order valence-electron chi connectivity index (χ1n) is 12.1. The Morgan fingerprint density at radius 3 is 2.16 bits per heavy atom. The molecule has 0 unspecified atom stereocenters. The van der Waals surface area contributed by atoms with Gasteiger partial charge in [-0.15, -0.1) is 0 Å². The van der Waals surface area contributed by atoms with Crippen molar-refractivity contribution in [3.05, 3.63) is 23.3 Å². The van der Waals surface area contributed by atoms with E-state index in [1.54, 1.807) is 0 Å². The molecule has 0 aliphatic carbocycles. The number of aliphatic hydroxyl groups excluding tert-OH is 1. The van der Waals surface area contributed by atoms with Gasteiger partial charge in [0.1, 0.15) is 12.4 Å². The van der Waals surface area contributed by atoms with E-state index in [1.165, 1.54) is 0 Å². The lowest BCUT2D eigenvalue weighted by Crippen LogP contribution is -2.48. The van der Waals surface area contributed by atoms with Crippen LogP contribution in [0.25, 0.3) is 0 Å². The van der Waals surface area contributed by atoms with Gasteiger partial charge in [0, 0.05) is 51.6 Å². The van der Waals surface area contributed by atoms with Crippen LogP contribution in [0.1, 0.15) is 64.0 Å². The topological polar surface area (TPSA) is 74.3 Å². The third-order valence-electron chi connectivity index (χ3n) is 5.85. The number of ether oxygens (including phenoxy) is 2. The predicted octanol–water partition coefficient (Wildman–Crippen LogP) is 3.29. The van der Waals surface area contributed by atoms with Crippen LogP contribution in [0.5, 0.6) is 5.75 Å². The van der Waals surface area contributed by atoms with E-state index < -0.39 is 0 Å². The molecule has 0 atom stereocenters. The van der Waals surface area contributed by atoms with Crippen molar-refractivity contribution >= 4 is 11.6 Å². The second kappa shape index (κ2) is 13.8. The number of benzene rings is 1. The number of rotatable bonds is 13. The normalized spacial score (nSPS) is 15.5. The smallest absolute Gasteiger partial charge is 0.238 e. The lowest BCUT2D eigenvalue weighted by atomic mass is 9.92. The molecule has 7 heteroatoms. The van der Waals surface area contributed by atoms with Crippen molar-refractivity contribution in [1.29, 1.82) is 0 Å². The monoisotopic (exact) mass is 449 g/mol. The molecule has 1 saturated heterocycles. The molecule has 1 aromatic carbocycles. The summed E-state index contributed by atoms with van der Waals surface area (Å²) in [5.74, 6) is 1.37. The molecule has 0 spiro atoms. The number of aliphatic hydroxyl groups is 1. The minimum Gasteiger partial charge on any atom is -0.491 e. The van der Waals surface area contributed by atoms with E-state index in [0.717, 1.165) is 61.7 Å². The number of nitrogens with zero attached hydrogens (tertiary/aromatic N) is 2. The highest BCUT2D eigenvalue weighted by atomic mass is 16.5. The van der Waals surface area contributed by atoms with Crippen molar-refractivity contribution in [1.82, 2.24) is 9.80 Å². The Labute approximate surface area is 194 Å². The summed E-state index contributed by atoms with van der Waals surface area (Å²) >= 11 is 0. The van der Waals surface area contributed by atoms with Crippen LogP contribution in [0.3, 0.4) is 0 Å². The molecule has 0 bridgehead atoms. The molecule has 2 N–H and O–H groups in total. The SMILES string of the molecule is CCOCCOc1cc(C(C)C)c(NC(=O)CN2CCN(CCCO)CC2)c(C(C)C)c1. The number of anilines is 1. The van der Waals surface area contributed by atoms with Gasteiger partial charge in [0.2, 0.25) is 5.91 Å². The summed E-state index contributed by atoms with van der Waals surface area (Å²) in [6.07, 6.45) is 0.807. The quantitative estimate of drug-likeness (QED) is 0.450. The molecule has 1 aromatic rings. The van der Waals surface area contributed by atoms with Gasteiger partial charge in [-0.3, -0.25) is 9.69 Å². The van der Waals surface area contributed by atoms with Gasteiger partial charge in [-0.1, -0.05) is 27.7 Å². The summed E-state index contributed by atoms with van der Waals surface area (Å²) in [6, 6.07) is 4.11. The number of amides is 1. The summed E-state index contributed by atoms with van der Waals surface area (Å²) < 4.78 is 11.3. The molecular weight excluding hydrogens is 406 g/mol. The van der Waals surface area contributed by atoms with Crippen LogP contribution in [0.4, 0.5) is 5.69 Å². The number of piperazine rings is 1. The van der Waals surface area contributed by atoms with E-state index in [2.05, 4.69) is 54.9 Å². The van der Waals surface area contributed by atoms with Crippen molar-refractivity contribution in [3.8, 4) is 5.75 Å². The average molecular weight is 450 g/mol. The Balaban J connectivity index is 2.06. The van der Waals surface area contributed by atoms with Crippen molar-refractivity contribution < 1.29 is 19.4 Å². The average Bonchev–Trinajstić information content (AvgIpc) is 2.76. The first-order valence-corrected chi connectivity index (χ1v) is 12.1. The largest absolute Gasteiger partial charge is 0.491 e. The van der Waals surface area contributed by atoms with Gasteiger partial charge in [-0.2, -0.15) is 0 Å². The maximum Gasteiger partial charge on any atom is 0.238 e. The Morgan fingerprint density at radius 1 is 1.03 bits per heavy atom. The van der Waals surface area contributed by atoms with Crippen LogP contribution in [0, 0.1) is 0 Å². The van der Waals surface area contributed by atoms with E-state index >= 15 is 0 Å². The number of carbonyl (C=O) groups excluding carboxylic acids is 1. The Kier molecular flexibility index (Phi) is 11.4. The highest BCUT2D eigenvalue weighted by molar-refractivity contribution is 5.94. The molecule has 182 valence electrons. The Hall–Kier alpha value is -1.67. The fourth-order valence-electron chi connectivity index (χ4n) is 4.01. The zero-order chi connectivity index (χ0) is 23.5. The molecular formula is C25H43N3O4. The first-order chi connectivity index (χ1) is 15.3. The molecule has 1 aliphatic heterocycles. The summed E-state index contributed by atoms with van der Waals surface area (Å²) in [4.78, 5) is 17.5. The molecule has 32 heavy (non-hydrogen) atoms. The minimum absolute atomic E-state index is 0.0302. The van der Waals surface area contributed by atoms with Gasteiger partial charge < -0.3 is 24.8 Å². The lowest BCUT2D eigenvalue weighted by Gasteiger charge is -2.34. The summed E-state index contributed by atoms with van der Waals surface area (Å²) in [5, 5.41) is 12.2. The Morgan fingerprint density at radius 2 is 1.62 bits per heavy atom. The second-order valence-corrected chi connectivity index (χ2v) is 9.07. The van der Waals surface area contributed by atoms with Crippen molar-refractivity contribution in [2.24, 2.45) is 0 Å².